The van der Waals surface area contributed by atoms with Gasteiger partial charge in [0, 0.05) is 42.5 Å². The van der Waals surface area contributed by atoms with E-state index in [1.807, 2.05) is 11.8 Å². The second kappa shape index (κ2) is 7.47. The lowest BCUT2D eigenvalue weighted by molar-refractivity contribution is 0.393. The first-order valence-corrected chi connectivity index (χ1v) is 9.87. The van der Waals surface area contributed by atoms with Crippen LogP contribution in [0.3, 0.4) is 0 Å². The van der Waals surface area contributed by atoms with Crippen molar-refractivity contribution in [2.24, 2.45) is 4.99 Å². The highest BCUT2D eigenvalue weighted by Gasteiger charge is 2.25. The van der Waals surface area contributed by atoms with Crippen molar-refractivity contribution in [3.63, 3.8) is 0 Å². The lowest BCUT2D eigenvalue weighted by atomic mass is 10.1. The van der Waals surface area contributed by atoms with Crippen LogP contribution in [-0.2, 0) is 0 Å². The van der Waals surface area contributed by atoms with Gasteiger partial charge in [0.2, 0.25) is 0 Å². The molecule has 3 nitrogen and oxygen atoms in total. The zero-order chi connectivity index (χ0) is 17.1. The Hall–Kier alpha value is -1.68. The highest BCUT2D eigenvalue weighted by molar-refractivity contribution is 8.01. The van der Waals surface area contributed by atoms with Gasteiger partial charge in [-0.3, -0.25) is 4.99 Å². The van der Waals surface area contributed by atoms with Gasteiger partial charge in [0.1, 0.15) is 0 Å². The lowest BCUT2D eigenvalue weighted by Crippen LogP contribution is -2.27. The van der Waals surface area contributed by atoms with Crippen LogP contribution in [0.2, 0.25) is 0 Å². The number of aliphatic imine (C=N–C) groups is 1. The maximum absolute atomic E-state index is 4.89. The van der Waals surface area contributed by atoms with Gasteiger partial charge in [-0.15, -0.1) is 11.8 Å². The Bertz CT molecular complexity index is 682. The molecule has 0 spiro atoms. The second-order valence-corrected chi connectivity index (χ2v) is 7.18. The summed E-state index contributed by atoms with van der Waals surface area (Å²) in [5.74, 6) is 0. The number of benzene rings is 1. The number of likely N-dealkylation sites (N-methyl/N-ethyl adjacent to an activating group) is 1. The molecular weight excluding hydrogens is 314 g/mol. The van der Waals surface area contributed by atoms with E-state index >= 15 is 0 Å². The summed E-state index contributed by atoms with van der Waals surface area (Å²) in [7, 11) is 0. The SMILES string of the molecule is CCN(CC)C1=CC2Sc3cc(N(CC)CC)ccc3N=C2C=C1. The zero-order valence-corrected chi connectivity index (χ0v) is 15.9. The predicted molar refractivity (Wildman–Crippen MR) is 107 cm³/mol. The molecule has 0 bridgehead atoms. The van der Waals surface area contributed by atoms with Gasteiger partial charge in [-0.05, 0) is 64.1 Å². The Morgan fingerprint density at radius 1 is 0.958 bits per heavy atom. The molecule has 0 radical (unpaired) electrons. The molecule has 1 atom stereocenters. The quantitative estimate of drug-likeness (QED) is 0.735. The number of thioether (sulfide) groups is 1. The molecule has 4 heteroatoms. The molecule has 0 saturated heterocycles. The van der Waals surface area contributed by atoms with Crippen molar-refractivity contribution in [2.75, 3.05) is 31.1 Å². The summed E-state index contributed by atoms with van der Waals surface area (Å²) in [4.78, 5) is 11.0. The van der Waals surface area contributed by atoms with Gasteiger partial charge in [-0.2, -0.15) is 0 Å². The molecule has 1 aliphatic carbocycles. The van der Waals surface area contributed by atoms with Gasteiger partial charge in [-0.25, -0.2) is 0 Å². The minimum atomic E-state index is 0.324. The fraction of sp³-hybridized carbons (Fsp3) is 0.450. The Balaban J connectivity index is 1.90. The van der Waals surface area contributed by atoms with E-state index in [9.17, 15) is 0 Å². The molecule has 0 amide bonds. The van der Waals surface area contributed by atoms with Gasteiger partial charge in [0.25, 0.3) is 0 Å². The Morgan fingerprint density at radius 3 is 2.33 bits per heavy atom. The highest BCUT2D eigenvalue weighted by atomic mass is 32.2. The van der Waals surface area contributed by atoms with Gasteiger partial charge in [0.15, 0.2) is 0 Å². The average Bonchev–Trinajstić information content (AvgIpc) is 2.62. The fourth-order valence-electron chi connectivity index (χ4n) is 3.31. The van der Waals surface area contributed by atoms with Crippen LogP contribution in [0.1, 0.15) is 27.7 Å². The molecule has 0 N–H and O–H groups in total. The first-order chi connectivity index (χ1) is 11.7. The summed E-state index contributed by atoms with van der Waals surface area (Å²) in [5.41, 5.74) is 4.88. The summed E-state index contributed by atoms with van der Waals surface area (Å²) in [6, 6.07) is 6.66. The number of allylic oxidation sites excluding steroid dienone is 2. The summed E-state index contributed by atoms with van der Waals surface area (Å²) in [6.07, 6.45) is 6.76. The third-order valence-corrected chi connectivity index (χ3v) is 5.95. The smallest absolute Gasteiger partial charge is 0.0771 e. The van der Waals surface area contributed by atoms with Gasteiger partial charge < -0.3 is 9.80 Å². The molecule has 1 aromatic rings. The Kier molecular flexibility index (Phi) is 5.34. The summed E-state index contributed by atoms with van der Waals surface area (Å²) < 4.78 is 0. The van der Waals surface area contributed by atoms with E-state index in [1.165, 1.54) is 22.0 Å². The third-order valence-electron chi connectivity index (χ3n) is 4.74. The molecule has 128 valence electrons. The van der Waals surface area contributed by atoms with Crippen molar-refractivity contribution in [3.05, 3.63) is 42.1 Å². The van der Waals surface area contributed by atoms with Crippen LogP contribution in [0.4, 0.5) is 11.4 Å². The average molecular weight is 342 g/mol. The van der Waals surface area contributed by atoms with E-state index in [1.54, 1.807) is 0 Å². The van der Waals surface area contributed by atoms with Crippen LogP contribution < -0.4 is 4.90 Å². The van der Waals surface area contributed by atoms with E-state index in [-0.39, 0.29) is 0 Å². The molecule has 0 fully saturated rings. The second-order valence-electron chi connectivity index (χ2n) is 6.00. The summed E-state index contributed by atoms with van der Waals surface area (Å²) in [5, 5.41) is 0.324. The number of nitrogens with zero attached hydrogens (tertiary/aromatic N) is 3. The van der Waals surface area contributed by atoms with Crippen LogP contribution in [0.25, 0.3) is 0 Å². The summed E-state index contributed by atoms with van der Waals surface area (Å²) in [6.45, 7) is 13.0. The largest absolute Gasteiger partial charge is 0.372 e. The van der Waals surface area contributed by atoms with Crippen molar-refractivity contribution in [2.45, 2.75) is 37.8 Å². The number of anilines is 1. The molecule has 1 aromatic carbocycles. The molecule has 2 aliphatic rings. The minimum Gasteiger partial charge on any atom is -0.372 e. The van der Waals surface area contributed by atoms with E-state index in [0.717, 1.165) is 31.9 Å². The Morgan fingerprint density at radius 2 is 1.67 bits per heavy atom. The van der Waals surface area contributed by atoms with Crippen LogP contribution >= 0.6 is 11.8 Å². The number of rotatable bonds is 6. The van der Waals surface area contributed by atoms with E-state index in [4.69, 9.17) is 4.99 Å². The third kappa shape index (κ3) is 3.25. The number of hydrogen-bond acceptors (Lipinski definition) is 4. The molecule has 1 unspecified atom stereocenters. The topological polar surface area (TPSA) is 18.8 Å². The molecule has 24 heavy (non-hydrogen) atoms. The van der Waals surface area contributed by atoms with Gasteiger partial charge in [-0.1, -0.05) is 0 Å². The maximum atomic E-state index is 4.89. The highest BCUT2D eigenvalue weighted by Crippen LogP contribution is 2.42. The predicted octanol–water partition coefficient (Wildman–Crippen LogP) is 4.88. The fourth-order valence-corrected chi connectivity index (χ4v) is 4.46. The van der Waals surface area contributed by atoms with Crippen LogP contribution in [0.15, 0.2) is 52.0 Å². The first kappa shape index (κ1) is 17.2. The molecular formula is C20H27N3S. The monoisotopic (exact) mass is 341 g/mol. The van der Waals surface area contributed by atoms with Crippen molar-refractivity contribution >= 4 is 28.8 Å². The molecule has 1 heterocycles. The number of fused-ring (bicyclic) bond motifs is 2. The zero-order valence-electron chi connectivity index (χ0n) is 15.1. The Labute approximate surface area is 150 Å². The van der Waals surface area contributed by atoms with Crippen molar-refractivity contribution in [1.82, 2.24) is 4.90 Å². The van der Waals surface area contributed by atoms with Crippen molar-refractivity contribution < 1.29 is 0 Å². The normalized spacial score (nSPS) is 18.4. The molecule has 0 saturated carbocycles. The van der Waals surface area contributed by atoms with Crippen molar-refractivity contribution in [3.8, 4) is 0 Å². The van der Waals surface area contributed by atoms with Gasteiger partial charge >= 0.3 is 0 Å². The minimum absolute atomic E-state index is 0.324. The lowest BCUT2D eigenvalue weighted by Gasteiger charge is -2.29. The molecule has 0 aromatic heterocycles. The molecule has 3 rings (SSSR count). The molecule has 1 aliphatic heterocycles. The summed E-state index contributed by atoms with van der Waals surface area (Å²) >= 11 is 1.92. The van der Waals surface area contributed by atoms with E-state index in [2.05, 4.69) is 73.9 Å². The van der Waals surface area contributed by atoms with Crippen molar-refractivity contribution in [1.29, 1.82) is 0 Å². The van der Waals surface area contributed by atoms with E-state index in [0.29, 0.717) is 5.25 Å². The van der Waals surface area contributed by atoms with Gasteiger partial charge in [0.05, 0.1) is 16.6 Å². The van der Waals surface area contributed by atoms with Crippen LogP contribution in [-0.4, -0.2) is 42.0 Å². The van der Waals surface area contributed by atoms with Crippen LogP contribution in [0.5, 0.6) is 0 Å². The number of hydrogen-bond donors (Lipinski definition) is 0. The standard InChI is InChI=1S/C20H27N3S/c1-5-22(6-2)15-9-11-17-19(13-15)24-20-14-16(23(7-3)8-4)10-12-18(20)21-17/h9-14,19H,5-8H2,1-4H3. The van der Waals surface area contributed by atoms with E-state index < -0.39 is 0 Å². The maximum Gasteiger partial charge on any atom is 0.0771 e. The van der Waals surface area contributed by atoms with Crippen LogP contribution in [0, 0.1) is 0 Å². The first-order valence-electron chi connectivity index (χ1n) is 8.99.